The van der Waals surface area contributed by atoms with Gasteiger partial charge in [0.25, 0.3) is 0 Å². The zero-order valence-corrected chi connectivity index (χ0v) is 12.1. The Kier molecular flexibility index (Phi) is 5.24. The number of nitrogens with zero attached hydrogens (tertiary/aromatic N) is 1. The summed E-state index contributed by atoms with van der Waals surface area (Å²) in [7, 11) is 0. The molecule has 118 valence electrons. The second-order valence-electron chi connectivity index (χ2n) is 5.40. The van der Waals surface area contributed by atoms with Crippen LogP contribution >= 0.6 is 0 Å². The fourth-order valence-electron chi connectivity index (χ4n) is 2.70. The molecule has 21 heavy (non-hydrogen) atoms. The largest absolute Gasteiger partial charge is 0.416 e. The molecule has 1 aromatic rings. The number of ether oxygens (including phenoxy) is 1. The molecule has 0 spiro atoms. The van der Waals surface area contributed by atoms with Crippen molar-refractivity contribution < 1.29 is 17.9 Å². The lowest BCUT2D eigenvalue weighted by molar-refractivity contribution is -0.137. The standard InChI is InChI=1S/C15H21F3N2O/c1-11-10-20(7-2-8-21-11)14(9-19)12-3-5-13(6-4-12)15(16,17)18/h3-6,11,14H,2,7-10,19H2,1H3. The summed E-state index contributed by atoms with van der Waals surface area (Å²) in [5, 5.41) is 0. The molecule has 0 aromatic heterocycles. The third-order valence-electron chi connectivity index (χ3n) is 3.77. The van der Waals surface area contributed by atoms with Crippen molar-refractivity contribution in [1.29, 1.82) is 0 Å². The average molecular weight is 302 g/mol. The summed E-state index contributed by atoms with van der Waals surface area (Å²) in [4.78, 5) is 2.19. The smallest absolute Gasteiger partial charge is 0.377 e. The maximum Gasteiger partial charge on any atom is 0.416 e. The Morgan fingerprint density at radius 3 is 2.57 bits per heavy atom. The molecule has 1 aromatic carbocycles. The van der Waals surface area contributed by atoms with E-state index < -0.39 is 11.7 Å². The van der Waals surface area contributed by atoms with Crippen molar-refractivity contribution in [1.82, 2.24) is 4.90 Å². The van der Waals surface area contributed by atoms with Gasteiger partial charge in [-0.2, -0.15) is 13.2 Å². The second kappa shape index (κ2) is 6.77. The van der Waals surface area contributed by atoms with Gasteiger partial charge in [-0.1, -0.05) is 12.1 Å². The topological polar surface area (TPSA) is 38.5 Å². The molecule has 0 saturated carbocycles. The van der Waals surface area contributed by atoms with Crippen molar-refractivity contribution in [3.63, 3.8) is 0 Å². The summed E-state index contributed by atoms with van der Waals surface area (Å²) >= 11 is 0. The molecule has 0 radical (unpaired) electrons. The number of hydrogen-bond donors (Lipinski definition) is 1. The van der Waals surface area contributed by atoms with Gasteiger partial charge in [0.1, 0.15) is 0 Å². The lowest BCUT2D eigenvalue weighted by Crippen LogP contribution is -2.37. The highest BCUT2D eigenvalue weighted by atomic mass is 19.4. The molecule has 1 saturated heterocycles. The number of halogens is 3. The summed E-state index contributed by atoms with van der Waals surface area (Å²) in [6.45, 7) is 4.66. The van der Waals surface area contributed by atoms with E-state index in [0.717, 1.165) is 37.2 Å². The van der Waals surface area contributed by atoms with Gasteiger partial charge in [-0.05, 0) is 31.0 Å². The van der Waals surface area contributed by atoms with Gasteiger partial charge in [-0.15, -0.1) is 0 Å². The van der Waals surface area contributed by atoms with Crippen LogP contribution in [-0.2, 0) is 10.9 Å². The van der Waals surface area contributed by atoms with Crippen LogP contribution in [0.15, 0.2) is 24.3 Å². The minimum absolute atomic E-state index is 0.0727. The molecule has 2 unspecified atom stereocenters. The van der Waals surface area contributed by atoms with Gasteiger partial charge in [-0.3, -0.25) is 4.90 Å². The van der Waals surface area contributed by atoms with E-state index in [4.69, 9.17) is 10.5 Å². The van der Waals surface area contributed by atoms with Crippen LogP contribution < -0.4 is 5.73 Å². The van der Waals surface area contributed by atoms with Crippen LogP contribution in [0, 0.1) is 0 Å². The summed E-state index contributed by atoms with van der Waals surface area (Å²) in [6.07, 6.45) is -3.29. The quantitative estimate of drug-likeness (QED) is 0.933. The van der Waals surface area contributed by atoms with E-state index in [1.165, 1.54) is 12.1 Å². The van der Waals surface area contributed by atoms with Gasteiger partial charge < -0.3 is 10.5 Å². The predicted octanol–water partition coefficient (Wildman–Crippen LogP) is 2.82. The minimum atomic E-state index is -4.30. The van der Waals surface area contributed by atoms with E-state index in [9.17, 15) is 13.2 Å². The average Bonchev–Trinajstić information content (AvgIpc) is 2.64. The number of rotatable bonds is 3. The molecule has 2 rings (SSSR count). The Morgan fingerprint density at radius 1 is 1.33 bits per heavy atom. The first-order valence-corrected chi connectivity index (χ1v) is 7.14. The molecule has 0 aliphatic carbocycles. The molecule has 3 nitrogen and oxygen atoms in total. The van der Waals surface area contributed by atoms with E-state index in [1.54, 1.807) is 0 Å². The fraction of sp³-hybridized carbons (Fsp3) is 0.600. The van der Waals surface area contributed by atoms with Crippen molar-refractivity contribution in [3.8, 4) is 0 Å². The normalized spacial score (nSPS) is 22.8. The number of alkyl halides is 3. The number of benzene rings is 1. The highest BCUT2D eigenvalue weighted by molar-refractivity contribution is 5.27. The number of hydrogen-bond acceptors (Lipinski definition) is 3. The Hall–Kier alpha value is -1.11. The van der Waals surface area contributed by atoms with E-state index >= 15 is 0 Å². The van der Waals surface area contributed by atoms with Crippen LogP contribution in [0.2, 0.25) is 0 Å². The lowest BCUT2D eigenvalue weighted by atomic mass is 10.0. The van der Waals surface area contributed by atoms with Crippen LogP contribution in [0.3, 0.4) is 0 Å². The van der Waals surface area contributed by atoms with Crippen molar-refractivity contribution in [3.05, 3.63) is 35.4 Å². The third kappa shape index (κ3) is 4.18. The second-order valence-corrected chi connectivity index (χ2v) is 5.40. The van der Waals surface area contributed by atoms with E-state index in [0.29, 0.717) is 13.2 Å². The molecule has 0 bridgehead atoms. The first-order chi connectivity index (χ1) is 9.91. The Morgan fingerprint density at radius 2 is 2.00 bits per heavy atom. The van der Waals surface area contributed by atoms with Gasteiger partial charge >= 0.3 is 6.18 Å². The van der Waals surface area contributed by atoms with Gasteiger partial charge in [-0.25, -0.2) is 0 Å². The van der Waals surface area contributed by atoms with Gasteiger partial charge in [0.05, 0.1) is 11.7 Å². The maximum absolute atomic E-state index is 12.6. The molecule has 0 amide bonds. The van der Waals surface area contributed by atoms with Crippen LogP contribution in [0.25, 0.3) is 0 Å². The lowest BCUT2D eigenvalue weighted by Gasteiger charge is -2.31. The first-order valence-electron chi connectivity index (χ1n) is 7.14. The zero-order chi connectivity index (χ0) is 15.5. The van der Waals surface area contributed by atoms with Crippen molar-refractivity contribution >= 4 is 0 Å². The number of nitrogens with two attached hydrogens (primary N) is 1. The summed E-state index contributed by atoms with van der Waals surface area (Å²) in [6, 6.07) is 5.22. The SMILES string of the molecule is CC1CN(C(CN)c2ccc(C(F)(F)F)cc2)CCCO1. The predicted molar refractivity (Wildman–Crippen MR) is 74.8 cm³/mol. The fourth-order valence-corrected chi connectivity index (χ4v) is 2.70. The summed E-state index contributed by atoms with van der Waals surface area (Å²) in [5.74, 6) is 0. The molecule has 6 heteroatoms. The van der Waals surface area contributed by atoms with Crippen LogP contribution in [-0.4, -0.2) is 37.2 Å². The minimum Gasteiger partial charge on any atom is -0.377 e. The van der Waals surface area contributed by atoms with Crippen molar-refractivity contribution in [2.24, 2.45) is 5.73 Å². The molecule has 1 fully saturated rings. The Labute approximate surface area is 122 Å². The van der Waals surface area contributed by atoms with E-state index in [1.807, 2.05) is 6.92 Å². The van der Waals surface area contributed by atoms with Crippen LogP contribution in [0.1, 0.15) is 30.5 Å². The Balaban J connectivity index is 2.16. The summed E-state index contributed by atoms with van der Waals surface area (Å²) < 4.78 is 43.4. The van der Waals surface area contributed by atoms with Crippen LogP contribution in [0.4, 0.5) is 13.2 Å². The Bertz CT molecular complexity index is 447. The first kappa shape index (κ1) is 16.3. The van der Waals surface area contributed by atoms with E-state index in [2.05, 4.69) is 4.90 Å². The third-order valence-corrected chi connectivity index (χ3v) is 3.77. The van der Waals surface area contributed by atoms with Gasteiger partial charge in [0.15, 0.2) is 0 Å². The highest BCUT2D eigenvalue weighted by Crippen LogP contribution is 2.31. The monoisotopic (exact) mass is 302 g/mol. The zero-order valence-electron chi connectivity index (χ0n) is 12.1. The van der Waals surface area contributed by atoms with Crippen molar-refractivity contribution in [2.75, 3.05) is 26.2 Å². The molecule has 1 heterocycles. The maximum atomic E-state index is 12.6. The van der Waals surface area contributed by atoms with Crippen LogP contribution in [0.5, 0.6) is 0 Å². The molecule has 1 aliphatic rings. The van der Waals surface area contributed by atoms with E-state index in [-0.39, 0.29) is 12.1 Å². The molecule has 1 aliphatic heterocycles. The van der Waals surface area contributed by atoms with Gasteiger partial charge in [0.2, 0.25) is 0 Å². The molecule has 2 atom stereocenters. The summed E-state index contributed by atoms with van der Waals surface area (Å²) in [5.41, 5.74) is 6.04. The van der Waals surface area contributed by atoms with Crippen molar-refractivity contribution in [2.45, 2.75) is 31.7 Å². The molecular formula is C15H21F3N2O. The molecule has 2 N–H and O–H groups in total. The van der Waals surface area contributed by atoms with Gasteiger partial charge in [0, 0.05) is 32.3 Å². The highest BCUT2D eigenvalue weighted by Gasteiger charge is 2.31. The molecular weight excluding hydrogens is 281 g/mol.